The highest BCUT2D eigenvalue weighted by Crippen LogP contribution is 2.40. The molecule has 4 aromatic rings. The van der Waals surface area contributed by atoms with Gasteiger partial charge in [-0.05, 0) is 29.3 Å². The van der Waals surface area contributed by atoms with Crippen LogP contribution in [0.3, 0.4) is 0 Å². The Bertz CT molecular complexity index is 1040. The van der Waals surface area contributed by atoms with E-state index in [0.717, 1.165) is 38.8 Å². The number of hydrogen-bond acceptors (Lipinski definition) is 2. The number of H-pyrrole nitrogens is 2. The van der Waals surface area contributed by atoms with Crippen LogP contribution in [0.5, 0.6) is 0 Å². The van der Waals surface area contributed by atoms with Gasteiger partial charge in [0.05, 0.1) is 23.3 Å². The summed E-state index contributed by atoms with van der Waals surface area (Å²) in [5.41, 5.74) is 5.80. The third-order valence-electron chi connectivity index (χ3n) is 4.36. The predicted octanol–water partition coefficient (Wildman–Crippen LogP) is 3.13. The van der Waals surface area contributed by atoms with Crippen molar-refractivity contribution in [3.63, 3.8) is 0 Å². The fraction of sp³-hybridized carbons (Fsp3) is 0.0588. The van der Waals surface area contributed by atoms with Gasteiger partial charge in [0.2, 0.25) is 5.91 Å². The Balaban J connectivity index is 1.78. The molecule has 0 fully saturated rings. The number of nitrogens with one attached hydrogen (secondary N) is 3. The molecule has 1 aliphatic heterocycles. The van der Waals surface area contributed by atoms with E-state index in [9.17, 15) is 4.79 Å². The minimum atomic E-state index is -0.273. The van der Waals surface area contributed by atoms with Crippen molar-refractivity contribution in [1.29, 1.82) is 0 Å². The number of aromatic nitrogens is 3. The third kappa shape index (κ3) is 1.42. The van der Waals surface area contributed by atoms with Gasteiger partial charge in [-0.3, -0.25) is 4.79 Å². The first-order valence-electron chi connectivity index (χ1n) is 7.15. The van der Waals surface area contributed by atoms with Gasteiger partial charge in [-0.25, -0.2) is 4.98 Å². The molecule has 2 aromatic carbocycles. The van der Waals surface area contributed by atoms with Crippen LogP contribution in [-0.4, -0.2) is 20.9 Å². The van der Waals surface area contributed by atoms with Crippen molar-refractivity contribution in [2.45, 2.75) is 5.92 Å². The molecule has 3 N–H and O–H groups in total. The molecular formula is C17H12N4O. The normalized spacial score (nSPS) is 17.1. The second kappa shape index (κ2) is 3.98. The van der Waals surface area contributed by atoms with Crippen LogP contribution in [0.1, 0.15) is 17.0 Å². The molecule has 0 saturated heterocycles. The Labute approximate surface area is 125 Å². The first-order valence-corrected chi connectivity index (χ1v) is 7.15. The van der Waals surface area contributed by atoms with Gasteiger partial charge in [-0.2, -0.15) is 0 Å². The largest absolute Gasteiger partial charge is 0.361 e. The van der Waals surface area contributed by atoms with Crippen LogP contribution in [0.4, 0.5) is 5.69 Å². The van der Waals surface area contributed by atoms with E-state index >= 15 is 0 Å². The van der Waals surface area contributed by atoms with E-state index in [4.69, 9.17) is 0 Å². The quantitative estimate of drug-likeness (QED) is 0.503. The smallest absolute Gasteiger partial charge is 0.236 e. The van der Waals surface area contributed by atoms with Crippen molar-refractivity contribution in [2.75, 3.05) is 5.32 Å². The number of benzene rings is 2. The van der Waals surface area contributed by atoms with Crippen LogP contribution >= 0.6 is 0 Å². The average Bonchev–Trinajstić information content (AvgIpc) is 3.20. The molecule has 0 bridgehead atoms. The van der Waals surface area contributed by atoms with Crippen LogP contribution in [0.2, 0.25) is 0 Å². The van der Waals surface area contributed by atoms with Crippen LogP contribution in [-0.2, 0) is 4.79 Å². The minimum Gasteiger partial charge on any atom is -0.361 e. The summed E-state index contributed by atoms with van der Waals surface area (Å²) in [6.07, 6.45) is 3.61. The zero-order chi connectivity index (χ0) is 14.7. The van der Waals surface area contributed by atoms with Crippen LogP contribution in [0.15, 0.2) is 48.9 Å². The summed E-state index contributed by atoms with van der Waals surface area (Å²) in [5, 5.41) is 4.01. The van der Waals surface area contributed by atoms with Crippen molar-refractivity contribution in [1.82, 2.24) is 15.0 Å². The summed E-state index contributed by atoms with van der Waals surface area (Å²) in [4.78, 5) is 23.1. The van der Waals surface area contributed by atoms with E-state index in [1.807, 2.05) is 36.5 Å². The van der Waals surface area contributed by atoms with E-state index in [2.05, 4.69) is 26.3 Å². The number of hydrogen-bond donors (Lipinski definition) is 3. The maximum atomic E-state index is 12.4. The molecule has 1 atom stereocenters. The van der Waals surface area contributed by atoms with E-state index < -0.39 is 0 Å². The molecule has 5 rings (SSSR count). The zero-order valence-corrected chi connectivity index (χ0v) is 11.6. The van der Waals surface area contributed by atoms with Gasteiger partial charge < -0.3 is 15.3 Å². The number of aromatic amines is 2. The van der Waals surface area contributed by atoms with Crippen LogP contribution in [0.25, 0.3) is 21.9 Å². The Hall–Kier alpha value is -3.08. The van der Waals surface area contributed by atoms with Gasteiger partial charge >= 0.3 is 0 Å². The lowest BCUT2D eigenvalue weighted by Crippen LogP contribution is -2.12. The second-order valence-corrected chi connectivity index (χ2v) is 5.57. The molecule has 5 heteroatoms. The van der Waals surface area contributed by atoms with E-state index in [0.29, 0.717) is 0 Å². The van der Waals surface area contributed by atoms with E-state index in [1.165, 1.54) is 0 Å². The Morgan fingerprint density at radius 2 is 1.91 bits per heavy atom. The SMILES string of the molecule is O=C1Nc2ccccc2C1c1c[nH]c2cc3nc[nH]c3cc12. The number of fused-ring (bicyclic) bond motifs is 3. The number of amides is 1. The summed E-state index contributed by atoms with van der Waals surface area (Å²) in [6, 6.07) is 11.9. The molecule has 0 spiro atoms. The maximum Gasteiger partial charge on any atom is 0.236 e. The molecule has 5 nitrogen and oxygen atoms in total. The molecule has 1 aliphatic rings. The highest BCUT2D eigenvalue weighted by atomic mass is 16.2. The topological polar surface area (TPSA) is 73.6 Å². The molecule has 0 saturated carbocycles. The predicted molar refractivity (Wildman–Crippen MR) is 84.9 cm³/mol. The summed E-state index contributed by atoms with van der Waals surface area (Å²) in [7, 11) is 0. The highest BCUT2D eigenvalue weighted by molar-refractivity contribution is 6.08. The monoisotopic (exact) mass is 288 g/mol. The van der Waals surface area contributed by atoms with Gasteiger partial charge in [0.1, 0.15) is 0 Å². The summed E-state index contributed by atoms with van der Waals surface area (Å²) in [5.74, 6) is -0.253. The zero-order valence-electron chi connectivity index (χ0n) is 11.6. The lowest BCUT2D eigenvalue weighted by molar-refractivity contribution is -0.116. The molecule has 0 aliphatic carbocycles. The van der Waals surface area contributed by atoms with Crippen molar-refractivity contribution in [3.05, 3.63) is 60.0 Å². The van der Waals surface area contributed by atoms with Gasteiger partial charge in [0.25, 0.3) is 0 Å². The van der Waals surface area contributed by atoms with Gasteiger partial charge in [0.15, 0.2) is 0 Å². The number of nitrogens with zero attached hydrogens (tertiary/aromatic N) is 1. The molecule has 1 amide bonds. The highest BCUT2D eigenvalue weighted by Gasteiger charge is 2.33. The fourth-order valence-electron chi connectivity index (χ4n) is 3.33. The van der Waals surface area contributed by atoms with Crippen molar-refractivity contribution in [3.8, 4) is 0 Å². The van der Waals surface area contributed by atoms with Crippen molar-refractivity contribution < 1.29 is 4.79 Å². The first kappa shape index (κ1) is 11.6. The van der Waals surface area contributed by atoms with Gasteiger partial charge in [0, 0.05) is 22.8 Å². The minimum absolute atomic E-state index is 0.0202. The van der Waals surface area contributed by atoms with Crippen molar-refractivity contribution in [2.24, 2.45) is 0 Å². The molecule has 2 aromatic heterocycles. The summed E-state index contributed by atoms with van der Waals surface area (Å²) < 4.78 is 0. The van der Waals surface area contributed by atoms with E-state index in [-0.39, 0.29) is 11.8 Å². The molecule has 106 valence electrons. The van der Waals surface area contributed by atoms with Crippen LogP contribution in [0, 0.1) is 0 Å². The number of anilines is 1. The number of carbonyl (C=O) groups is 1. The second-order valence-electron chi connectivity index (χ2n) is 5.57. The molecular weight excluding hydrogens is 276 g/mol. The lowest BCUT2D eigenvalue weighted by atomic mass is 9.92. The number of imidazole rings is 1. The first-order chi connectivity index (χ1) is 10.8. The van der Waals surface area contributed by atoms with E-state index in [1.54, 1.807) is 6.33 Å². The van der Waals surface area contributed by atoms with Gasteiger partial charge in [-0.1, -0.05) is 18.2 Å². The molecule has 3 heterocycles. The number of rotatable bonds is 1. The number of carbonyl (C=O) groups excluding carboxylic acids is 1. The average molecular weight is 288 g/mol. The van der Waals surface area contributed by atoms with Crippen LogP contribution < -0.4 is 5.32 Å². The number of para-hydroxylation sites is 1. The fourth-order valence-corrected chi connectivity index (χ4v) is 3.33. The summed E-state index contributed by atoms with van der Waals surface area (Å²) >= 11 is 0. The molecule has 0 radical (unpaired) electrons. The molecule has 1 unspecified atom stereocenters. The Kier molecular flexibility index (Phi) is 2.09. The standard InChI is InChI=1S/C17H12N4O/c22-17-16(9-3-1-2-4-12(9)21-17)11-7-18-13-6-15-14(5-10(11)13)19-8-20-15/h1-8,16,18H,(H,19,20)(H,21,22). The van der Waals surface area contributed by atoms with Crippen molar-refractivity contribution >= 4 is 33.5 Å². The Morgan fingerprint density at radius 1 is 1.00 bits per heavy atom. The summed E-state index contributed by atoms with van der Waals surface area (Å²) in [6.45, 7) is 0. The lowest BCUT2D eigenvalue weighted by Gasteiger charge is -2.07. The van der Waals surface area contributed by atoms with Gasteiger partial charge in [-0.15, -0.1) is 0 Å². The maximum absolute atomic E-state index is 12.4. The molecule has 22 heavy (non-hydrogen) atoms. The third-order valence-corrected chi connectivity index (χ3v) is 4.36. The Morgan fingerprint density at radius 3 is 2.86 bits per heavy atom.